The third kappa shape index (κ3) is 4.83. The van der Waals surface area contributed by atoms with E-state index < -0.39 is 0 Å². The lowest BCUT2D eigenvalue weighted by molar-refractivity contribution is -0.136. The average Bonchev–Trinajstić information content (AvgIpc) is 2.87. The first-order valence-electron chi connectivity index (χ1n) is 8.30. The number of carbonyl (C=O) groups excluding carboxylic acids is 1. The zero-order chi connectivity index (χ0) is 14.6. The molecule has 0 bridgehead atoms. The number of nitrogens with zero attached hydrogens (tertiary/aromatic N) is 2. The Kier molecular flexibility index (Phi) is 7.45. The first-order chi connectivity index (χ1) is 9.58. The molecule has 2 saturated heterocycles. The molecule has 21 heavy (non-hydrogen) atoms. The minimum Gasteiger partial charge on any atom is -0.343 e. The van der Waals surface area contributed by atoms with Gasteiger partial charge in [-0.25, -0.2) is 0 Å². The van der Waals surface area contributed by atoms with Crippen molar-refractivity contribution >= 4 is 18.3 Å². The summed E-state index contributed by atoms with van der Waals surface area (Å²) in [5.74, 6) is 0.643. The average molecular weight is 318 g/mol. The van der Waals surface area contributed by atoms with Crippen LogP contribution in [0.2, 0.25) is 0 Å². The largest absolute Gasteiger partial charge is 0.343 e. The van der Waals surface area contributed by atoms with Crippen molar-refractivity contribution < 1.29 is 4.79 Å². The minimum atomic E-state index is 0. The van der Waals surface area contributed by atoms with Crippen LogP contribution in [0.25, 0.3) is 0 Å². The van der Waals surface area contributed by atoms with Crippen molar-refractivity contribution in [2.75, 3.05) is 45.8 Å². The molecule has 1 N–H and O–H groups in total. The van der Waals surface area contributed by atoms with E-state index in [1.807, 2.05) is 4.90 Å². The van der Waals surface area contributed by atoms with Gasteiger partial charge in [-0.05, 0) is 58.2 Å². The Bertz CT molecular complexity index is 319. The van der Waals surface area contributed by atoms with Crippen LogP contribution >= 0.6 is 12.4 Å². The second-order valence-corrected chi connectivity index (χ2v) is 6.80. The number of nitrogens with one attached hydrogen (secondary N) is 1. The molecule has 0 aromatic rings. The molecule has 4 nitrogen and oxygen atoms in total. The van der Waals surface area contributed by atoms with Gasteiger partial charge < -0.3 is 15.1 Å². The quantitative estimate of drug-likeness (QED) is 0.842. The summed E-state index contributed by atoms with van der Waals surface area (Å²) in [7, 11) is 0. The number of halogens is 1. The predicted molar refractivity (Wildman–Crippen MR) is 89.9 cm³/mol. The van der Waals surface area contributed by atoms with Gasteiger partial charge in [-0.3, -0.25) is 4.79 Å². The SMILES string of the molecule is CCN(CC)C(=O)C1CCN(CC2(C)CCNC2)CC1.Cl. The molecule has 0 saturated carbocycles. The number of piperidine rings is 1. The van der Waals surface area contributed by atoms with Crippen LogP contribution in [0.4, 0.5) is 0 Å². The maximum absolute atomic E-state index is 12.4. The lowest BCUT2D eigenvalue weighted by atomic mass is 9.87. The number of rotatable bonds is 5. The summed E-state index contributed by atoms with van der Waals surface area (Å²) < 4.78 is 0. The van der Waals surface area contributed by atoms with Gasteiger partial charge in [0.05, 0.1) is 0 Å². The predicted octanol–water partition coefficient (Wildman–Crippen LogP) is 1.99. The van der Waals surface area contributed by atoms with Crippen LogP contribution in [0.3, 0.4) is 0 Å². The molecule has 2 aliphatic rings. The van der Waals surface area contributed by atoms with Gasteiger partial charge in [0.25, 0.3) is 0 Å². The number of amides is 1. The van der Waals surface area contributed by atoms with Crippen LogP contribution in [0.15, 0.2) is 0 Å². The van der Waals surface area contributed by atoms with E-state index in [4.69, 9.17) is 0 Å². The highest BCUT2D eigenvalue weighted by molar-refractivity contribution is 5.85. The number of carbonyl (C=O) groups is 1. The maximum atomic E-state index is 12.4. The van der Waals surface area contributed by atoms with Crippen molar-refractivity contribution in [1.29, 1.82) is 0 Å². The molecule has 124 valence electrons. The molecule has 0 aliphatic carbocycles. The number of hydrogen-bond donors (Lipinski definition) is 1. The molecule has 2 rings (SSSR count). The van der Waals surface area contributed by atoms with Gasteiger partial charge in [-0.2, -0.15) is 0 Å². The molecule has 2 aliphatic heterocycles. The molecule has 0 aromatic heterocycles. The number of hydrogen-bond acceptors (Lipinski definition) is 3. The van der Waals surface area contributed by atoms with E-state index >= 15 is 0 Å². The van der Waals surface area contributed by atoms with Crippen molar-refractivity contribution in [1.82, 2.24) is 15.1 Å². The molecule has 0 spiro atoms. The van der Waals surface area contributed by atoms with E-state index in [2.05, 4.69) is 31.0 Å². The van der Waals surface area contributed by atoms with Gasteiger partial charge in [0, 0.05) is 32.1 Å². The normalized spacial score (nSPS) is 27.4. The summed E-state index contributed by atoms with van der Waals surface area (Å²) >= 11 is 0. The second kappa shape index (κ2) is 8.35. The van der Waals surface area contributed by atoms with Crippen LogP contribution in [0, 0.1) is 11.3 Å². The van der Waals surface area contributed by atoms with Gasteiger partial charge in [-0.15, -0.1) is 12.4 Å². The zero-order valence-corrected chi connectivity index (χ0v) is 14.7. The summed E-state index contributed by atoms with van der Waals surface area (Å²) in [6.07, 6.45) is 3.36. The van der Waals surface area contributed by atoms with Crippen molar-refractivity contribution in [3.05, 3.63) is 0 Å². The van der Waals surface area contributed by atoms with Gasteiger partial charge in [0.15, 0.2) is 0 Å². The van der Waals surface area contributed by atoms with E-state index in [1.165, 1.54) is 13.0 Å². The molecule has 2 fully saturated rings. The third-order valence-electron chi connectivity index (χ3n) is 5.07. The lowest BCUT2D eigenvalue weighted by Gasteiger charge is -2.37. The third-order valence-corrected chi connectivity index (χ3v) is 5.07. The number of likely N-dealkylation sites (tertiary alicyclic amines) is 1. The first-order valence-corrected chi connectivity index (χ1v) is 8.30. The minimum absolute atomic E-state index is 0. The van der Waals surface area contributed by atoms with Crippen LogP contribution in [-0.4, -0.2) is 61.5 Å². The van der Waals surface area contributed by atoms with E-state index in [0.29, 0.717) is 11.3 Å². The van der Waals surface area contributed by atoms with Crippen molar-refractivity contribution in [3.8, 4) is 0 Å². The monoisotopic (exact) mass is 317 g/mol. The first kappa shape index (κ1) is 18.7. The lowest BCUT2D eigenvalue weighted by Crippen LogP contribution is -2.45. The van der Waals surface area contributed by atoms with Crippen LogP contribution in [0.5, 0.6) is 0 Å². The van der Waals surface area contributed by atoms with E-state index in [1.54, 1.807) is 0 Å². The fourth-order valence-corrected chi connectivity index (χ4v) is 3.68. The van der Waals surface area contributed by atoms with Gasteiger partial charge >= 0.3 is 0 Å². The summed E-state index contributed by atoms with van der Waals surface area (Å²) in [6, 6.07) is 0. The Morgan fingerprint density at radius 2 is 1.90 bits per heavy atom. The fraction of sp³-hybridized carbons (Fsp3) is 0.938. The Hall–Kier alpha value is -0.320. The molecule has 1 amide bonds. The fourth-order valence-electron chi connectivity index (χ4n) is 3.68. The van der Waals surface area contributed by atoms with Crippen molar-refractivity contribution in [3.63, 3.8) is 0 Å². The zero-order valence-electron chi connectivity index (χ0n) is 13.9. The van der Waals surface area contributed by atoms with Gasteiger partial charge in [0.1, 0.15) is 0 Å². The smallest absolute Gasteiger partial charge is 0.225 e. The van der Waals surface area contributed by atoms with E-state index in [0.717, 1.165) is 52.1 Å². The molecular formula is C16H32ClN3O. The Morgan fingerprint density at radius 3 is 2.38 bits per heavy atom. The topological polar surface area (TPSA) is 35.6 Å². The highest BCUT2D eigenvalue weighted by Crippen LogP contribution is 2.28. The van der Waals surface area contributed by atoms with Gasteiger partial charge in [0.2, 0.25) is 5.91 Å². The summed E-state index contributed by atoms with van der Waals surface area (Å²) in [6.45, 7) is 13.9. The highest BCUT2D eigenvalue weighted by Gasteiger charge is 2.33. The van der Waals surface area contributed by atoms with Crippen molar-refractivity contribution in [2.45, 2.75) is 40.0 Å². The van der Waals surface area contributed by atoms with Crippen LogP contribution in [-0.2, 0) is 4.79 Å². The molecular weight excluding hydrogens is 286 g/mol. The molecule has 0 aromatic carbocycles. The summed E-state index contributed by atoms with van der Waals surface area (Å²) in [5.41, 5.74) is 0.440. The summed E-state index contributed by atoms with van der Waals surface area (Å²) in [5, 5.41) is 3.47. The molecule has 0 radical (unpaired) electrons. The van der Waals surface area contributed by atoms with Crippen LogP contribution in [0.1, 0.15) is 40.0 Å². The summed E-state index contributed by atoms with van der Waals surface area (Å²) in [4.78, 5) is 16.9. The Morgan fingerprint density at radius 1 is 1.29 bits per heavy atom. The van der Waals surface area contributed by atoms with E-state index in [-0.39, 0.29) is 18.3 Å². The Labute approximate surface area is 136 Å². The molecule has 1 atom stereocenters. The molecule has 2 heterocycles. The highest BCUT2D eigenvalue weighted by atomic mass is 35.5. The van der Waals surface area contributed by atoms with Gasteiger partial charge in [-0.1, -0.05) is 6.92 Å². The second-order valence-electron chi connectivity index (χ2n) is 6.80. The molecule has 5 heteroatoms. The van der Waals surface area contributed by atoms with Crippen LogP contribution < -0.4 is 5.32 Å². The Balaban J connectivity index is 0.00000220. The van der Waals surface area contributed by atoms with Crippen molar-refractivity contribution in [2.24, 2.45) is 11.3 Å². The maximum Gasteiger partial charge on any atom is 0.225 e. The standard InChI is InChI=1S/C16H31N3O.ClH/c1-4-19(5-2)15(20)14-6-10-18(11-7-14)13-16(3)8-9-17-12-16;/h14,17H,4-13H2,1-3H3;1H. The van der Waals surface area contributed by atoms with E-state index in [9.17, 15) is 4.79 Å². The molecule has 1 unspecified atom stereocenters.